The lowest BCUT2D eigenvalue weighted by atomic mass is 9.87. The van der Waals surface area contributed by atoms with E-state index in [-0.39, 0.29) is 5.25 Å². The van der Waals surface area contributed by atoms with Crippen LogP contribution in [-0.2, 0) is 4.79 Å². The molecule has 70 valence electrons. The van der Waals surface area contributed by atoms with Crippen LogP contribution in [-0.4, -0.2) is 22.1 Å². The first-order chi connectivity index (χ1) is 5.74. The first-order valence-corrected chi connectivity index (χ1v) is 5.63. The largest absolute Gasteiger partial charge is 0.480 e. The Morgan fingerprint density at radius 2 is 2.33 bits per heavy atom. The lowest BCUT2D eigenvalue weighted by Gasteiger charge is -2.25. The minimum absolute atomic E-state index is 0.175. The van der Waals surface area contributed by atoms with Gasteiger partial charge in [0.05, 0.1) is 0 Å². The Balaban J connectivity index is 2.13. The molecule has 1 aliphatic rings. The fraction of sp³-hybridized carbons (Fsp3) is 0.889. The van der Waals surface area contributed by atoms with Crippen LogP contribution in [0, 0.1) is 5.92 Å². The first-order valence-electron chi connectivity index (χ1n) is 4.58. The van der Waals surface area contributed by atoms with Crippen molar-refractivity contribution in [2.45, 2.75) is 37.9 Å². The zero-order valence-corrected chi connectivity index (χ0v) is 8.27. The average Bonchev–Trinajstić information content (AvgIpc) is 1.93. The lowest BCUT2D eigenvalue weighted by Crippen LogP contribution is -2.20. The zero-order chi connectivity index (χ0) is 8.97. The van der Waals surface area contributed by atoms with Gasteiger partial charge in [0.15, 0.2) is 0 Å². The summed E-state index contributed by atoms with van der Waals surface area (Å²) in [6.07, 6.45) is 4.70. The van der Waals surface area contributed by atoms with Gasteiger partial charge in [0.1, 0.15) is 5.25 Å². The van der Waals surface area contributed by atoms with E-state index in [2.05, 4.69) is 0 Å². The fourth-order valence-corrected chi connectivity index (χ4v) is 2.49. The minimum atomic E-state index is -0.651. The Bertz CT molecular complexity index is 155. The highest BCUT2D eigenvalue weighted by Crippen LogP contribution is 2.31. The Kier molecular flexibility index (Phi) is 3.92. The van der Waals surface area contributed by atoms with E-state index in [0.717, 1.165) is 18.1 Å². The number of carboxylic acid groups (broad SMARTS) is 1. The average molecular weight is 188 g/mol. The molecule has 0 saturated heterocycles. The van der Waals surface area contributed by atoms with Gasteiger partial charge in [0.25, 0.3) is 0 Å². The van der Waals surface area contributed by atoms with Crippen molar-refractivity contribution in [3.8, 4) is 0 Å². The standard InChI is InChI=1S/C9H16O2S/c1-2-8(9(10)11)12-6-7-4-3-5-7/h7-8H,2-6H2,1H3,(H,10,11). The summed E-state index contributed by atoms with van der Waals surface area (Å²) in [6.45, 7) is 1.94. The summed E-state index contributed by atoms with van der Waals surface area (Å²) in [7, 11) is 0. The minimum Gasteiger partial charge on any atom is -0.480 e. The molecule has 1 rings (SSSR count). The molecular weight excluding hydrogens is 172 g/mol. The number of aliphatic carboxylic acids is 1. The number of carbonyl (C=O) groups is 1. The molecule has 1 aliphatic carbocycles. The normalized spacial score (nSPS) is 20.1. The Morgan fingerprint density at radius 3 is 2.67 bits per heavy atom. The molecule has 0 amide bonds. The van der Waals surface area contributed by atoms with Crippen molar-refractivity contribution >= 4 is 17.7 Å². The quantitative estimate of drug-likeness (QED) is 0.719. The molecule has 1 unspecified atom stereocenters. The van der Waals surface area contributed by atoms with Gasteiger partial charge < -0.3 is 5.11 Å². The van der Waals surface area contributed by atoms with Crippen molar-refractivity contribution in [1.29, 1.82) is 0 Å². The van der Waals surface area contributed by atoms with Crippen molar-refractivity contribution in [2.24, 2.45) is 5.92 Å². The van der Waals surface area contributed by atoms with Crippen LogP contribution in [0.5, 0.6) is 0 Å². The Morgan fingerprint density at radius 1 is 1.67 bits per heavy atom. The molecule has 1 N–H and O–H groups in total. The molecule has 0 aromatic rings. The van der Waals surface area contributed by atoms with Crippen molar-refractivity contribution in [1.82, 2.24) is 0 Å². The number of carboxylic acids is 1. The van der Waals surface area contributed by atoms with E-state index in [1.807, 2.05) is 6.92 Å². The molecule has 1 fully saturated rings. The topological polar surface area (TPSA) is 37.3 Å². The van der Waals surface area contributed by atoms with Gasteiger partial charge in [-0.3, -0.25) is 4.79 Å². The maximum absolute atomic E-state index is 10.6. The van der Waals surface area contributed by atoms with Crippen molar-refractivity contribution in [3.05, 3.63) is 0 Å². The van der Waals surface area contributed by atoms with Crippen LogP contribution in [0.4, 0.5) is 0 Å². The Labute approximate surface area is 77.7 Å². The van der Waals surface area contributed by atoms with Gasteiger partial charge in [-0.05, 0) is 30.9 Å². The molecule has 2 nitrogen and oxygen atoms in total. The molecule has 12 heavy (non-hydrogen) atoms. The first kappa shape index (κ1) is 9.90. The highest BCUT2D eigenvalue weighted by Gasteiger charge is 2.21. The van der Waals surface area contributed by atoms with Crippen LogP contribution in [0.1, 0.15) is 32.6 Å². The summed E-state index contributed by atoms with van der Waals surface area (Å²) in [5.74, 6) is 1.20. The fourth-order valence-electron chi connectivity index (χ4n) is 1.28. The molecule has 3 heteroatoms. The molecule has 0 heterocycles. The van der Waals surface area contributed by atoms with Crippen LogP contribution >= 0.6 is 11.8 Å². The van der Waals surface area contributed by atoms with Gasteiger partial charge in [0.2, 0.25) is 0 Å². The second-order valence-corrected chi connectivity index (χ2v) is 4.60. The van der Waals surface area contributed by atoms with Crippen LogP contribution in [0.2, 0.25) is 0 Å². The molecule has 0 bridgehead atoms. The second kappa shape index (κ2) is 4.75. The lowest BCUT2D eigenvalue weighted by molar-refractivity contribution is -0.136. The number of thioether (sulfide) groups is 1. The van der Waals surface area contributed by atoms with Gasteiger partial charge in [0, 0.05) is 0 Å². The van der Waals surface area contributed by atoms with Crippen molar-refractivity contribution in [2.75, 3.05) is 5.75 Å². The van der Waals surface area contributed by atoms with E-state index < -0.39 is 5.97 Å². The van der Waals surface area contributed by atoms with Gasteiger partial charge in [-0.2, -0.15) is 0 Å². The molecule has 0 radical (unpaired) electrons. The summed E-state index contributed by atoms with van der Waals surface area (Å²) in [4.78, 5) is 10.6. The summed E-state index contributed by atoms with van der Waals surface area (Å²) < 4.78 is 0. The van der Waals surface area contributed by atoms with Crippen LogP contribution in [0.25, 0.3) is 0 Å². The third-order valence-corrected chi connectivity index (χ3v) is 4.01. The van der Waals surface area contributed by atoms with Gasteiger partial charge in [-0.1, -0.05) is 13.3 Å². The van der Waals surface area contributed by atoms with E-state index in [0.29, 0.717) is 0 Å². The molecule has 0 spiro atoms. The monoisotopic (exact) mass is 188 g/mol. The molecular formula is C9H16O2S. The number of rotatable bonds is 5. The summed E-state index contributed by atoms with van der Waals surface area (Å²) >= 11 is 1.61. The summed E-state index contributed by atoms with van der Waals surface area (Å²) in [6, 6.07) is 0. The maximum Gasteiger partial charge on any atom is 0.316 e. The van der Waals surface area contributed by atoms with Crippen molar-refractivity contribution < 1.29 is 9.90 Å². The van der Waals surface area contributed by atoms with Crippen molar-refractivity contribution in [3.63, 3.8) is 0 Å². The van der Waals surface area contributed by atoms with Gasteiger partial charge in [-0.15, -0.1) is 11.8 Å². The summed E-state index contributed by atoms with van der Waals surface area (Å²) in [5, 5.41) is 8.58. The number of hydrogen-bond acceptors (Lipinski definition) is 2. The van der Waals surface area contributed by atoms with E-state index in [1.165, 1.54) is 19.3 Å². The Hall–Kier alpha value is -0.180. The van der Waals surface area contributed by atoms with E-state index in [1.54, 1.807) is 11.8 Å². The van der Waals surface area contributed by atoms with Crippen LogP contribution in [0.3, 0.4) is 0 Å². The smallest absolute Gasteiger partial charge is 0.316 e. The van der Waals surface area contributed by atoms with E-state index in [4.69, 9.17) is 5.11 Å². The van der Waals surface area contributed by atoms with Crippen LogP contribution in [0.15, 0.2) is 0 Å². The van der Waals surface area contributed by atoms with E-state index >= 15 is 0 Å². The van der Waals surface area contributed by atoms with Crippen LogP contribution < -0.4 is 0 Å². The zero-order valence-electron chi connectivity index (χ0n) is 7.45. The summed E-state index contributed by atoms with van der Waals surface area (Å²) in [5.41, 5.74) is 0. The molecule has 1 atom stereocenters. The third kappa shape index (κ3) is 2.70. The second-order valence-electron chi connectivity index (χ2n) is 3.37. The van der Waals surface area contributed by atoms with E-state index in [9.17, 15) is 4.79 Å². The molecule has 0 aromatic carbocycles. The molecule has 0 aliphatic heterocycles. The molecule has 0 aromatic heterocycles. The SMILES string of the molecule is CCC(SCC1CCC1)C(=O)O. The molecule has 1 saturated carbocycles. The maximum atomic E-state index is 10.6. The van der Waals surface area contributed by atoms with Gasteiger partial charge >= 0.3 is 5.97 Å². The number of hydrogen-bond donors (Lipinski definition) is 1. The predicted molar refractivity (Wildman–Crippen MR) is 51.5 cm³/mol. The predicted octanol–water partition coefficient (Wildman–Crippen LogP) is 2.38. The van der Waals surface area contributed by atoms with Gasteiger partial charge in [-0.25, -0.2) is 0 Å². The highest BCUT2D eigenvalue weighted by molar-refractivity contribution is 8.00. The highest BCUT2D eigenvalue weighted by atomic mass is 32.2. The third-order valence-electron chi connectivity index (χ3n) is 2.40.